The van der Waals surface area contributed by atoms with Crippen molar-refractivity contribution >= 4 is 11.8 Å². The summed E-state index contributed by atoms with van der Waals surface area (Å²) in [5.74, 6) is -0.649. The highest BCUT2D eigenvalue weighted by atomic mass is 19.1. The molecule has 0 unspecified atom stereocenters. The Morgan fingerprint density at radius 2 is 1.46 bits per heavy atom. The number of nitrogens with one attached hydrogen (secondary N) is 1. The van der Waals surface area contributed by atoms with E-state index in [9.17, 15) is 14.0 Å². The number of nitrogens with zero attached hydrogens (tertiary/aromatic N) is 1. The van der Waals surface area contributed by atoms with Gasteiger partial charge in [-0.15, -0.1) is 0 Å². The van der Waals surface area contributed by atoms with Crippen molar-refractivity contribution in [3.05, 3.63) is 107 Å². The Balaban J connectivity index is 1.91. The molecule has 0 aliphatic rings. The maximum atomic E-state index is 13.6. The first-order valence-corrected chi connectivity index (χ1v) is 12.1. The third-order valence-electron chi connectivity index (χ3n) is 5.78. The lowest BCUT2D eigenvalue weighted by atomic mass is 9.99. The van der Waals surface area contributed by atoms with Crippen LogP contribution in [0, 0.1) is 12.7 Å². The molecular formula is C30H35FN2O2. The highest BCUT2D eigenvalue weighted by molar-refractivity contribution is 5.88. The molecule has 35 heavy (non-hydrogen) atoms. The van der Waals surface area contributed by atoms with Crippen molar-refractivity contribution in [1.82, 2.24) is 10.2 Å². The summed E-state index contributed by atoms with van der Waals surface area (Å²) in [4.78, 5) is 28.8. The Hall–Kier alpha value is -3.47. The van der Waals surface area contributed by atoms with E-state index in [4.69, 9.17) is 0 Å². The second-order valence-corrected chi connectivity index (χ2v) is 10.1. The summed E-state index contributed by atoms with van der Waals surface area (Å²) in [6.07, 6.45) is 1.25. The van der Waals surface area contributed by atoms with Gasteiger partial charge in [0.2, 0.25) is 11.8 Å². The number of rotatable bonds is 9. The zero-order valence-electron chi connectivity index (χ0n) is 21.1. The first-order valence-electron chi connectivity index (χ1n) is 12.1. The van der Waals surface area contributed by atoms with E-state index in [-0.39, 0.29) is 30.6 Å². The summed E-state index contributed by atoms with van der Waals surface area (Å²) in [6, 6.07) is 23.2. The molecule has 3 rings (SSSR count). The SMILES string of the molecule is Cc1ccc(CCC(=O)N(Cc2ccc(F)cc2)[C@H](Cc2ccccc2)C(=O)NC(C)(C)C)cc1. The standard InChI is InChI=1S/C30H35FN2O2/c1-22-10-12-23(13-11-22)16-19-28(34)33(21-25-14-17-26(31)18-15-25)27(29(35)32-30(2,3)4)20-24-8-6-5-7-9-24/h5-15,17-18,27H,16,19-21H2,1-4H3,(H,32,35)/t27-/m1/s1. The van der Waals surface area contributed by atoms with Gasteiger partial charge in [-0.25, -0.2) is 4.39 Å². The molecule has 3 aromatic rings. The van der Waals surface area contributed by atoms with Gasteiger partial charge in [-0.3, -0.25) is 9.59 Å². The molecule has 1 atom stereocenters. The number of hydrogen-bond acceptors (Lipinski definition) is 2. The summed E-state index contributed by atoms with van der Waals surface area (Å²) < 4.78 is 13.5. The monoisotopic (exact) mass is 474 g/mol. The molecular weight excluding hydrogens is 439 g/mol. The molecule has 0 bridgehead atoms. The number of carbonyl (C=O) groups excluding carboxylic acids is 2. The van der Waals surface area contributed by atoms with E-state index in [0.717, 1.165) is 16.7 Å². The Labute approximate surface area is 208 Å². The number of aryl methyl sites for hydroxylation is 2. The molecule has 0 radical (unpaired) electrons. The van der Waals surface area contributed by atoms with Crippen LogP contribution in [0.4, 0.5) is 4.39 Å². The van der Waals surface area contributed by atoms with Gasteiger partial charge in [0.15, 0.2) is 0 Å². The van der Waals surface area contributed by atoms with Crippen molar-refractivity contribution in [3.63, 3.8) is 0 Å². The average Bonchev–Trinajstić information content (AvgIpc) is 2.81. The van der Waals surface area contributed by atoms with E-state index in [1.807, 2.05) is 82.3 Å². The molecule has 0 heterocycles. The number of hydrogen-bond donors (Lipinski definition) is 1. The van der Waals surface area contributed by atoms with Crippen LogP contribution in [0.5, 0.6) is 0 Å². The van der Waals surface area contributed by atoms with Crippen LogP contribution in [-0.2, 0) is 29.0 Å². The third-order valence-corrected chi connectivity index (χ3v) is 5.78. The minimum Gasteiger partial charge on any atom is -0.350 e. The van der Waals surface area contributed by atoms with Crippen LogP contribution >= 0.6 is 0 Å². The van der Waals surface area contributed by atoms with Gasteiger partial charge in [0.05, 0.1) is 0 Å². The van der Waals surface area contributed by atoms with Crippen LogP contribution < -0.4 is 5.32 Å². The van der Waals surface area contributed by atoms with Gasteiger partial charge >= 0.3 is 0 Å². The van der Waals surface area contributed by atoms with Crippen LogP contribution in [-0.4, -0.2) is 28.3 Å². The van der Waals surface area contributed by atoms with Crippen molar-refractivity contribution in [3.8, 4) is 0 Å². The van der Waals surface area contributed by atoms with Crippen LogP contribution in [0.1, 0.15) is 49.4 Å². The molecule has 0 aromatic heterocycles. The molecule has 184 valence electrons. The van der Waals surface area contributed by atoms with Crippen LogP contribution in [0.25, 0.3) is 0 Å². The van der Waals surface area contributed by atoms with Crippen molar-refractivity contribution in [2.24, 2.45) is 0 Å². The van der Waals surface area contributed by atoms with Crippen molar-refractivity contribution in [2.75, 3.05) is 0 Å². The van der Waals surface area contributed by atoms with Crippen LogP contribution in [0.15, 0.2) is 78.9 Å². The molecule has 1 N–H and O–H groups in total. The first-order chi connectivity index (χ1) is 16.6. The molecule has 0 saturated carbocycles. The first kappa shape index (κ1) is 26.1. The molecule has 3 aromatic carbocycles. The van der Waals surface area contributed by atoms with Crippen LogP contribution in [0.3, 0.4) is 0 Å². The van der Waals surface area contributed by atoms with Crippen molar-refractivity contribution in [1.29, 1.82) is 0 Å². The fourth-order valence-electron chi connectivity index (χ4n) is 3.94. The summed E-state index contributed by atoms with van der Waals surface area (Å²) in [5, 5.41) is 3.06. The summed E-state index contributed by atoms with van der Waals surface area (Å²) in [5.41, 5.74) is 3.54. The summed E-state index contributed by atoms with van der Waals surface area (Å²) in [6.45, 7) is 8.03. The molecule has 2 amide bonds. The number of halogens is 1. The van der Waals surface area contributed by atoms with Gasteiger partial charge in [-0.1, -0.05) is 72.3 Å². The van der Waals surface area contributed by atoms with Crippen molar-refractivity contribution in [2.45, 2.75) is 65.1 Å². The van der Waals surface area contributed by atoms with E-state index < -0.39 is 11.6 Å². The van der Waals surface area contributed by atoms with Gasteiger partial charge < -0.3 is 10.2 Å². The molecule has 0 aliphatic carbocycles. The van der Waals surface area contributed by atoms with Gasteiger partial charge in [0.25, 0.3) is 0 Å². The van der Waals surface area contributed by atoms with Gasteiger partial charge in [0.1, 0.15) is 11.9 Å². The number of benzene rings is 3. The lowest BCUT2D eigenvalue weighted by molar-refractivity contribution is -0.141. The van der Waals surface area contributed by atoms with E-state index in [1.165, 1.54) is 17.7 Å². The third kappa shape index (κ3) is 8.36. The number of carbonyl (C=O) groups is 2. The Morgan fingerprint density at radius 1 is 0.857 bits per heavy atom. The van der Waals surface area contributed by atoms with Crippen molar-refractivity contribution < 1.29 is 14.0 Å². The minimum atomic E-state index is -0.702. The van der Waals surface area contributed by atoms with E-state index in [1.54, 1.807) is 17.0 Å². The van der Waals surface area contributed by atoms with E-state index >= 15 is 0 Å². The fourth-order valence-corrected chi connectivity index (χ4v) is 3.94. The largest absolute Gasteiger partial charge is 0.350 e. The van der Waals surface area contributed by atoms with Gasteiger partial charge in [0, 0.05) is 24.9 Å². The minimum absolute atomic E-state index is 0.111. The maximum Gasteiger partial charge on any atom is 0.243 e. The zero-order valence-corrected chi connectivity index (χ0v) is 21.1. The lowest BCUT2D eigenvalue weighted by Crippen LogP contribution is -2.54. The van der Waals surface area contributed by atoms with E-state index in [2.05, 4.69) is 5.32 Å². The second kappa shape index (κ2) is 11.8. The summed E-state index contributed by atoms with van der Waals surface area (Å²) >= 11 is 0. The molecule has 0 saturated heterocycles. The predicted molar refractivity (Wildman–Crippen MR) is 138 cm³/mol. The van der Waals surface area contributed by atoms with E-state index in [0.29, 0.717) is 12.8 Å². The Bertz CT molecular complexity index is 1100. The maximum absolute atomic E-state index is 13.6. The Kier molecular flexibility index (Phi) is 8.80. The fraction of sp³-hybridized carbons (Fsp3) is 0.333. The van der Waals surface area contributed by atoms with Crippen LogP contribution in [0.2, 0.25) is 0 Å². The molecule has 5 heteroatoms. The highest BCUT2D eigenvalue weighted by Crippen LogP contribution is 2.18. The normalized spacial score (nSPS) is 12.1. The Morgan fingerprint density at radius 3 is 2.06 bits per heavy atom. The quantitative estimate of drug-likeness (QED) is 0.438. The number of amides is 2. The smallest absolute Gasteiger partial charge is 0.243 e. The topological polar surface area (TPSA) is 49.4 Å². The van der Waals surface area contributed by atoms with Gasteiger partial charge in [-0.2, -0.15) is 0 Å². The van der Waals surface area contributed by atoms with Gasteiger partial charge in [-0.05, 0) is 62.9 Å². The lowest BCUT2D eigenvalue weighted by Gasteiger charge is -2.34. The molecule has 0 spiro atoms. The molecule has 0 aliphatic heterocycles. The highest BCUT2D eigenvalue weighted by Gasteiger charge is 2.32. The molecule has 4 nitrogen and oxygen atoms in total. The summed E-state index contributed by atoms with van der Waals surface area (Å²) in [7, 11) is 0. The average molecular weight is 475 g/mol. The second-order valence-electron chi connectivity index (χ2n) is 10.1. The molecule has 0 fully saturated rings. The zero-order chi connectivity index (χ0) is 25.4. The predicted octanol–water partition coefficient (Wildman–Crippen LogP) is 5.62.